The maximum Gasteiger partial charge on any atom is 0.232 e. The first-order valence-electron chi connectivity index (χ1n) is 12.6. The second-order valence-corrected chi connectivity index (χ2v) is 8.79. The third-order valence-corrected chi connectivity index (χ3v) is 6.15. The molecule has 1 unspecified atom stereocenters. The molecule has 4 aromatic rings. The number of benzene rings is 3. The van der Waals surface area contributed by atoms with Crippen molar-refractivity contribution < 1.29 is 14.4 Å². The zero-order valence-corrected chi connectivity index (χ0v) is 21.1. The zero-order chi connectivity index (χ0) is 25.2. The molecule has 0 bridgehead atoms. The smallest absolute Gasteiger partial charge is 0.232 e. The molecule has 0 saturated carbocycles. The fourth-order valence-electron chi connectivity index (χ4n) is 4.34. The van der Waals surface area contributed by atoms with Crippen LogP contribution in [-0.4, -0.2) is 47.5 Å². The predicted octanol–water partition coefficient (Wildman–Crippen LogP) is 5.63. The summed E-state index contributed by atoms with van der Waals surface area (Å²) >= 11 is 0. The predicted molar refractivity (Wildman–Crippen MR) is 144 cm³/mol. The van der Waals surface area contributed by atoms with Crippen LogP contribution < -0.4 is 9.64 Å². The topological polar surface area (TPSA) is 62.0 Å². The van der Waals surface area contributed by atoms with Crippen LogP contribution >= 0.6 is 0 Å². The third kappa shape index (κ3) is 6.74. The van der Waals surface area contributed by atoms with Crippen molar-refractivity contribution in [3.05, 3.63) is 102 Å². The van der Waals surface area contributed by atoms with Gasteiger partial charge in [-0.25, -0.2) is 0 Å². The largest absolute Gasteiger partial charge is 0.491 e. The number of aliphatic hydroxyl groups excluding tert-OH is 1. The highest BCUT2D eigenvalue weighted by molar-refractivity contribution is 5.68. The number of rotatable bonds is 13. The van der Waals surface area contributed by atoms with Crippen molar-refractivity contribution >= 4 is 5.88 Å². The molecule has 36 heavy (non-hydrogen) atoms. The second-order valence-electron chi connectivity index (χ2n) is 8.79. The summed E-state index contributed by atoms with van der Waals surface area (Å²) in [7, 11) is 0. The van der Waals surface area contributed by atoms with E-state index in [1.165, 1.54) is 5.56 Å². The van der Waals surface area contributed by atoms with Crippen LogP contribution in [0.2, 0.25) is 0 Å². The van der Waals surface area contributed by atoms with Gasteiger partial charge in [0.2, 0.25) is 5.88 Å². The van der Waals surface area contributed by atoms with E-state index in [2.05, 4.69) is 53.1 Å². The highest BCUT2D eigenvalue weighted by Crippen LogP contribution is 2.33. The average Bonchev–Trinajstić information content (AvgIpc) is 3.33. The molecule has 4 rings (SSSR count). The lowest BCUT2D eigenvalue weighted by Crippen LogP contribution is -2.35. The van der Waals surface area contributed by atoms with Crippen LogP contribution in [0.5, 0.6) is 5.75 Å². The van der Waals surface area contributed by atoms with Crippen molar-refractivity contribution in [3.63, 3.8) is 0 Å². The first kappa shape index (κ1) is 25.5. The van der Waals surface area contributed by atoms with E-state index in [0.29, 0.717) is 19.6 Å². The van der Waals surface area contributed by atoms with Crippen LogP contribution in [-0.2, 0) is 13.1 Å². The Balaban J connectivity index is 1.60. The van der Waals surface area contributed by atoms with E-state index >= 15 is 0 Å². The second kappa shape index (κ2) is 12.9. The SMILES string of the molecule is CCN(CC)c1onc(-c2ccccc2)c1CN(Cc1ccccc1)CC(O)COc1ccccc1. The van der Waals surface area contributed by atoms with Gasteiger partial charge < -0.3 is 19.3 Å². The molecule has 188 valence electrons. The number of para-hydroxylation sites is 1. The summed E-state index contributed by atoms with van der Waals surface area (Å²) < 4.78 is 11.7. The van der Waals surface area contributed by atoms with Crippen LogP contribution in [0.3, 0.4) is 0 Å². The summed E-state index contributed by atoms with van der Waals surface area (Å²) in [5.74, 6) is 1.53. The van der Waals surface area contributed by atoms with E-state index in [4.69, 9.17) is 9.26 Å². The molecule has 0 spiro atoms. The van der Waals surface area contributed by atoms with Gasteiger partial charge in [0.05, 0.1) is 5.56 Å². The lowest BCUT2D eigenvalue weighted by Gasteiger charge is -2.27. The van der Waals surface area contributed by atoms with Gasteiger partial charge in [-0.2, -0.15) is 0 Å². The lowest BCUT2D eigenvalue weighted by molar-refractivity contribution is 0.0629. The van der Waals surface area contributed by atoms with Crippen molar-refractivity contribution in [2.75, 3.05) is 31.1 Å². The van der Waals surface area contributed by atoms with Gasteiger partial charge >= 0.3 is 0 Å². The number of anilines is 1. The van der Waals surface area contributed by atoms with E-state index in [1.807, 2.05) is 66.7 Å². The van der Waals surface area contributed by atoms with Gasteiger partial charge in [0.1, 0.15) is 24.2 Å². The summed E-state index contributed by atoms with van der Waals surface area (Å²) in [5.41, 5.74) is 4.06. The van der Waals surface area contributed by atoms with Crippen LogP contribution in [0.4, 0.5) is 5.88 Å². The standard InChI is InChI=1S/C30H35N3O3/c1-3-33(4-2)30-28(29(31-36-30)25-16-10-6-11-17-25)22-32(20-24-14-8-5-9-15-24)21-26(34)23-35-27-18-12-7-13-19-27/h5-19,26,34H,3-4,20-23H2,1-2H3. The Labute approximate surface area is 213 Å². The van der Waals surface area contributed by atoms with Crippen LogP contribution in [0.15, 0.2) is 95.5 Å². The van der Waals surface area contributed by atoms with Crippen molar-refractivity contribution in [2.45, 2.75) is 33.0 Å². The number of aliphatic hydroxyl groups is 1. The van der Waals surface area contributed by atoms with Crippen molar-refractivity contribution in [2.24, 2.45) is 0 Å². The molecule has 1 N–H and O–H groups in total. The van der Waals surface area contributed by atoms with Gasteiger partial charge in [-0.15, -0.1) is 0 Å². The monoisotopic (exact) mass is 485 g/mol. The molecule has 0 fully saturated rings. The van der Waals surface area contributed by atoms with E-state index in [-0.39, 0.29) is 6.61 Å². The van der Waals surface area contributed by atoms with Crippen molar-refractivity contribution in [3.8, 4) is 17.0 Å². The minimum atomic E-state index is -0.661. The minimum Gasteiger partial charge on any atom is -0.491 e. The van der Waals surface area contributed by atoms with Gasteiger partial charge in [0.25, 0.3) is 0 Å². The fraction of sp³-hybridized carbons (Fsp3) is 0.300. The first-order valence-corrected chi connectivity index (χ1v) is 12.6. The van der Waals surface area contributed by atoms with Crippen molar-refractivity contribution in [1.82, 2.24) is 10.1 Å². The number of hydrogen-bond donors (Lipinski definition) is 1. The lowest BCUT2D eigenvalue weighted by atomic mass is 10.1. The zero-order valence-electron chi connectivity index (χ0n) is 21.1. The van der Waals surface area contributed by atoms with Crippen LogP contribution in [0.1, 0.15) is 25.0 Å². The maximum atomic E-state index is 10.9. The van der Waals surface area contributed by atoms with Gasteiger partial charge in [0.15, 0.2) is 0 Å². The van der Waals surface area contributed by atoms with Crippen molar-refractivity contribution in [1.29, 1.82) is 0 Å². The molecule has 0 amide bonds. The average molecular weight is 486 g/mol. The van der Waals surface area contributed by atoms with Crippen LogP contribution in [0.25, 0.3) is 11.3 Å². The Morgan fingerprint density at radius 3 is 2.08 bits per heavy atom. The van der Waals surface area contributed by atoms with Crippen LogP contribution in [0, 0.1) is 0 Å². The molecule has 1 heterocycles. The molecule has 3 aromatic carbocycles. The number of nitrogens with zero attached hydrogens (tertiary/aromatic N) is 3. The molecule has 0 saturated heterocycles. The third-order valence-electron chi connectivity index (χ3n) is 6.15. The summed E-state index contributed by atoms with van der Waals surface area (Å²) in [4.78, 5) is 4.42. The Hall–Kier alpha value is -3.61. The van der Waals surface area contributed by atoms with Gasteiger partial charge in [-0.3, -0.25) is 4.90 Å². The number of hydrogen-bond acceptors (Lipinski definition) is 6. The summed E-state index contributed by atoms with van der Waals surface area (Å²) in [6.07, 6.45) is -0.661. The highest BCUT2D eigenvalue weighted by Gasteiger charge is 2.24. The Bertz CT molecular complexity index is 1160. The molecular formula is C30H35N3O3. The van der Waals surface area contributed by atoms with Gasteiger partial charge in [0, 0.05) is 38.3 Å². The molecule has 0 aliphatic rings. The summed E-state index contributed by atoms with van der Waals surface area (Å²) in [6.45, 7) is 7.79. The fourth-order valence-corrected chi connectivity index (χ4v) is 4.34. The Morgan fingerprint density at radius 2 is 1.44 bits per heavy atom. The first-order chi connectivity index (χ1) is 17.7. The molecule has 0 aliphatic carbocycles. The van der Waals surface area contributed by atoms with E-state index in [1.54, 1.807) is 0 Å². The molecule has 1 atom stereocenters. The van der Waals surface area contributed by atoms with E-state index in [0.717, 1.165) is 41.5 Å². The van der Waals surface area contributed by atoms with E-state index in [9.17, 15) is 5.11 Å². The Morgan fingerprint density at radius 1 is 0.833 bits per heavy atom. The molecular weight excluding hydrogens is 450 g/mol. The number of aromatic nitrogens is 1. The summed E-state index contributed by atoms with van der Waals surface area (Å²) in [6, 6.07) is 30.0. The normalized spacial score (nSPS) is 12.0. The Kier molecular flexibility index (Phi) is 9.14. The molecule has 6 heteroatoms. The molecule has 1 aromatic heterocycles. The van der Waals surface area contributed by atoms with E-state index < -0.39 is 6.10 Å². The molecule has 0 radical (unpaired) electrons. The number of ether oxygens (including phenoxy) is 1. The molecule has 6 nitrogen and oxygen atoms in total. The maximum absolute atomic E-state index is 10.9. The van der Waals surface area contributed by atoms with Gasteiger partial charge in [-0.1, -0.05) is 84.0 Å². The quantitative estimate of drug-likeness (QED) is 0.265. The van der Waals surface area contributed by atoms with Gasteiger partial charge in [-0.05, 0) is 31.5 Å². The minimum absolute atomic E-state index is 0.216. The summed E-state index contributed by atoms with van der Waals surface area (Å²) in [5, 5.41) is 15.4. The molecule has 0 aliphatic heterocycles. The highest BCUT2D eigenvalue weighted by atomic mass is 16.5.